The minimum atomic E-state index is -0.479. The summed E-state index contributed by atoms with van der Waals surface area (Å²) >= 11 is 0. The average Bonchev–Trinajstić information content (AvgIpc) is 1.98. The predicted molar refractivity (Wildman–Crippen MR) is 50.3 cm³/mol. The first-order valence-electron chi connectivity index (χ1n) is 4.66. The van der Waals surface area contributed by atoms with Crippen LogP contribution in [0.2, 0.25) is 0 Å². The van der Waals surface area contributed by atoms with Crippen molar-refractivity contribution in [3.05, 3.63) is 0 Å². The molecule has 1 rings (SSSR count). The topological polar surface area (TPSA) is 52.6 Å². The predicted octanol–water partition coefficient (Wildman–Crippen LogP) is -0.422. The smallest absolute Gasteiger partial charge is 0.242 e. The third-order valence-corrected chi connectivity index (χ3v) is 2.26. The van der Waals surface area contributed by atoms with Crippen molar-refractivity contribution < 1.29 is 9.90 Å². The van der Waals surface area contributed by atoms with Crippen molar-refractivity contribution in [1.82, 2.24) is 10.2 Å². The van der Waals surface area contributed by atoms with Crippen LogP contribution in [-0.2, 0) is 4.79 Å². The molecule has 4 nitrogen and oxygen atoms in total. The molecule has 0 aliphatic carbocycles. The number of hydrogen-bond donors (Lipinski definition) is 2. The molecule has 4 heteroatoms. The van der Waals surface area contributed by atoms with Gasteiger partial charge in [-0.25, -0.2) is 0 Å². The average molecular weight is 186 g/mol. The Hall–Kier alpha value is -0.610. The highest BCUT2D eigenvalue weighted by Crippen LogP contribution is 2.12. The lowest BCUT2D eigenvalue weighted by Gasteiger charge is -2.38. The zero-order valence-electron chi connectivity index (χ0n) is 8.50. The SMILES string of the molecule is CC(O)CN1CCNC(C)(C)C1=O. The molecule has 0 saturated carbocycles. The quantitative estimate of drug-likeness (QED) is 0.615. The highest BCUT2D eigenvalue weighted by Gasteiger charge is 2.35. The molecular formula is C9H18N2O2. The zero-order chi connectivity index (χ0) is 10.1. The molecule has 1 heterocycles. The van der Waals surface area contributed by atoms with Crippen molar-refractivity contribution in [2.75, 3.05) is 19.6 Å². The van der Waals surface area contributed by atoms with Crippen LogP contribution in [0.25, 0.3) is 0 Å². The Morgan fingerprint density at radius 1 is 1.69 bits per heavy atom. The third kappa shape index (κ3) is 2.42. The van der Waals surface area contributed by atoms with Gasteiger partial charge in [-0.15, -0.1) is 0 Å². The van der Waals surface area contributed by atoms with E-state index in [0.717, 1.165) is 6.54 Å². The lowest BCUT2D eigenvalue weighted by atomic mass is 10.0. The Bertz CT molecular complexity index is 202. The summed E-state index contributed by atoms with van der Waals surface area (Å²) in [6, 6.07) is 0. The summed E-state index contributed by atoms with van der Waals surface area (Å²) < 4.78 is 0. The molecule has 0 aromatic rings. The van der Waals surface area contributed by atoms with E-state index in [1.807, 2.05) is 13.8 Å². The van der Waals surface area contributed by atoms with Crippen LogP contribution in [0.5, 0.6) is 0 Å². The second kappa shape index (κ2) is 3.64. The number of carbonyl (C=O) groups is 1. The first kappa shape index (κ1) is 10.5. The molecule has 2 N–H and O–H groups in total. The Labute approximate surface area is 78.9 Å². The molecule has 0 bridgehead atoms. The van der Waals surface area contributed by atoms with Gasteiger partial charge in [-0.1, -0.05) is 0 Å². The van der Waals surface area contributed by atoms with Crippen LogP contribution in [0.3, 0.4) is 0 Å². The molecule has 1 fully saturated rings. The van der Waals surface area contributed by atoms with Crippen molar-refractivity contribution in [3.63, 3.8) is 0 Å². The van der Waals surface area contributed by atoms with Gasteiger partial charge in [-0.3, -0.25) is 4.79 Å². The molecule has 1 atom stereocenters. The van der Waals surface area contributed by atoms with Crippen LogP contribution in [0.15, 0.2) is 0 Å². The number of amides is 1. The van der Waals surface area contributed by atoms with Crippen molar-refractivity contribution in [2.24, 2.45) is 0 Å². The second-order valence-electron chi connectivity index (χ2n) is 4.15. The van der Waals surface area contributed by atoms with Gasteiger partial charge in [0.1, 0.15) is 0 Å². The molecule has 0 radical (unpaired) electrons. The largest absolute Gasteiger partial charge is 0.392 e. The Kier molecular flexibility index (Phi) is 2.93. The van der Waals surface area contributed by atoms with Gasteiger partial charge in [0, 0.05) is 19.6 Å². The summed E-state index contributed by atoms with van der Waals surface area (Å²) in [5.41, 5.74) is -0.479. The van der Waals surface area contributed by atoms with E-state index in [2.05, 4.69) is 5.32 Å². The molecule has 1 aliphatic rings. The number of aliphatic hydroxyl groups is 1. The van der Waals surface area contributed by atoms with Gasteiger partial charge >= 0.3 is 0 Å². The molecular weight excluding hydrogens is 168 g/mol. The van der Waals surface area contributed by atoms with E-state index >= 15 is 0 Å². The van der Waals surface area contributed by atoms with Crippen LogP contribution >= 0.6 is 0 Å². The molecule has 0 aromatic carbocycles. The van der Waals surface area contributed by atoms with Crippen LogP contribution in [0.1, 0.15) is 20.8 Å². The van der Waals surface area contributed by atoms with Crippen molar-refractivity contribution in [3.8, 4) is 0 Å². The maximum atomic E-state index is 11.7. The lowest BCUT2D eigenvalue weighted by Crippen LogP contribution is -2.62. The monoisotopic (exact) mass is 186 g/mol. The van der Waals surface area contributed by atoms with E-state index in [9.17, 15) is 9.90 Å². The highest BCUT2D eigenvalue weighted by molar-refractivity contribution is 5.86. The summed E-state index contributed by atoms with van der Waals surface area (Å²) in [7, 11) is 0. The van der Waals surface area contributed by atoms with E-state index in [0.29, 0.717) is 13.1 Å². The Balaban J connectivity index is 2.61. The molecule has 1 amide bonds. The van der Waals surface area contributed by atoms with Crippen LogP contribution < -0.4 is 5.32 Å². The normalized spacial score (nSPS) is 24.6. The molecule has 0 spiro atoms. The number of rotatable bonds is 2. The maximum absolute atomic E-state index is 11.7. The Morgan fingerprint density at radius 3 is 2.85 bits per heavy atom. The van der Waals surface area contributed by atoms with E-state index in [4.69, 9.17) is 0 Å². The summed E-state index contributed by atoms with van der Waals surface area (Å²) in [5, 5.41) is 12.3. The molecule has 1 aliphatic heterocycles. The van der Waals surface area contributed by atoms with Crippen LogP contribution in [0.4, 0.5) is 0 Å². The molecule has 1 saturated heterocycles. The summed E-state index contributed by atoms with van der Waals surface area (Å²) in [6.45, 7) is 7.35. The van der Waals surface area contributed by atoms with E-state index < -0.39 is 11.6 Å². The molecule has 1 unspecified atom stereocenters. The summed E-state index contributed by atoms with van der Waals surface area (Å²) in [4.78, 5) is 13.4. The minimum Gasteiger partial charge on any atom is -0.392 e. The van der Waals surface area contributed by atoms with E-state index in [-0.39, 0.29) is 5.91 Å². The van der Waals surface area contributed by atoms with Crippen molar-refractivity contribution in [1.29, 1.82) is 0 Å². The van der Waals surface area contributed by atoms with Crippen LogP contribution in [0, 0.1) is 0 Å². The maximum Gasteiger partial charge on any atom is 0.242 e. The van der Waals surface area contributed by atoms with Gasteiger partial charge < -0.3 is 15.3 Å². The van der Waals surface area contributed by atoms with Crippen molar-refractivity contribution in [2.45, 2.75) is 32.4 Å². The Morgan fingerprint density at radius 2 is 2.31 bits per heavy atom. The third-order valence-electron chi connectivity index (χ3n) is 2.26. The number of nitrogens with zero attached hydrogens (tertiary/aromatic N) is 1. The number of piperazine rings is 1. The molecule has 0 aromatic heterocycles. The van der Waals surface area contributed by atoms with E-state index in [1.165, 1.54) is 0 Å². The zero-order valence-corrected chi connectivity index (χ0v) is 8.50. The second-order valence-corrected chi connectivity index (χ2v) is 4.15. The van der Waals surface area contributed by atoms with Gasteiger partial charge in [-0.2, -0.15) is 0 Å². The van der Waals surface area contributed by atoms with Gasteiger partial charge in [0.25, 0.3) is 0 Å². The number of β-amino-alcohol motifs (C(OH)–C–C–N with tert-alkyl or cyclic N) is 1. The number of hydrogen-bond acceptors (Lipinski definition) is 3. The highest BCUT2D eigenvalue weighted by atomic mass is 16.3. The van der Waals surface area contributed by atoms with Gasteiger partial charge in [0.15, 0.2) is 0 Å². The fourth-order valence-electron chi connectivity index (χ4n) is 1.57. The summed E-state index contributed by atoms with van der Waals surface area (Å²) in [5.74, 6) is 0.0691. The van der Waals surface area contributed by atoms with Crippen LogP contribution in [-0.4, -0.2) is 47.2 Å². The van der Waals surface area contributed by atoms with Gasteiger partial charge in [0.05, 0.1) is 11.6 Å². The molecule has 76 valence electrons. The number of carbonyl (C=O) groups excluding carboxylic acids is 1. The lowest BCUT2D eigenvalue weighted by molar-refractivity contribution is -0.141. The standard InChI is InChI=1S/C9H18N2O2/c1-7(12)6-11-5-4-10-9(2,3)8(11)13/h7,10,12H,4-6H2,1-3H3. The van der Waals surface area contributed by atoms with Gasteiger partial charge in [0.2, 0.25) is 5.91 Å². The fourth-order valence-corrected chi connectivity index (χ4v) is 1.57. The van der Waals surface area contributed by atoms with Crippen molar-refractivity contribution >= 4 is 5.91 Å². The van der Waals surface area contributed by atoms with E-state index in [1.54, 1.807) is 11.8 Å². The first-order valence-corrected chi connectivity index (χ1v) is 4.66. The molecule has 13 heavy (non-hydrogen) atoms. The van der Waals surface area contributed by atoms with Gasteiger partial charge in [-0.05, 0) is 20.8 Å². The number of nitrogens with one attached hydrogen (secondary N) is 1. The number of aliphatic hydroxyl groups excluding tert-OH is 1. The summed E-state index contributed by atoms with van der Waals surface area (Å²) in [6.07, 6.45) is -0.446. The first-order chi connectivity index (χ1) is 5.93. The fraction of sp³-hybridized carbons (Fsp3) is 0.889. The minimum absolute atomic E-state index is 0.0691.